The predicted octanol–water partition coefficient (Wildman–Crippen LogP) is 5.09. The van der Waals surface area contributed by atoms with Crippen LogP contribution >= 0.6 is 0 Å². The number of carboxylic acids is 1. The van der Waals surface area contributed by atoms with Crippen molar-refractivity contribution in [3.8, 4) is 5.75 Å². The highest BCUT2D eigenvalue weighted by atomic mass is 19.4. The van der Waals surface area contributed by atoms with Crippen molar-refractivity contribution in [2.24, 2.45) is 5.92 Å². The molecule has 0 radical (unpaired) electrons. The van der Waals surface area contributed by atoms with Crippen LogP contribution in [0.25, 0.3) is 0 Å². The van der Waals surface area contributed by atoms with Crippen LogP contribution in [0.5, 0.6) is 5.75 Å². The van der Waals surface area contributed by atoms with E-state index in [2.05, 4.69) is 18.9 Å². The summed E-state index contributed by atoms with van der Waals surface area (Å²) in [5.74, 6) is -0.182. The molecule has 0 atom stereocenters. The molecule has 29 heavy (non-hydrogen) atoms. The minimum Gasteiger partial charge on any atom is -0.493 e. The molecule has 0 amide bonds. The summed E-state index contributed by atoms with van der Waals surface area (Å²) in [5, 5.41) is 13.2. The molecular formula is C21H27F3N2O3. The fraction of sp³-hybridized carbons (Fsp3) is 0.524. The summed E-state index contributed by atoms with van der Waals surface area (Å²) in [6.45, 7) is 6.44. The molecule has 1 heterocycles. The van der Waals surface area contributed by atoms with E-state index in [4.69, 9.17) is 9.84 Å². The molecule has 5 nitrogen and oxygen atoms in total. The van der Waals surface area contributed by atoms with Crippen molar-refractivity contribution < 1.29 is 27.8 Å². The van der Waals surface area contributed by atoms with Crippen LogP contribution in [0.3, 0.4) is 0 Å². The number of benzene rings is 1. The molecule has 0 aliphatic heterocycles. The first-order chi connectivity index (χ1) is 13.6. The standard InChI is InChI=1S/C21H27F3N2O3/c1-4-15(5-2)13-29-19-8-6-17(21(22,23)24)11-16(19)12-26-14(3)10-18(25-26)7-9-20(27)28/h6,8,10-11,15H,4-5,7,9,12-13H2,1-3H3,(H,27,28). The lowest BCUT2D eigenvalue weighted by atomic mass is 10.0. The summed E-state index contributed by atoms with van der Waals surface area (Å²) in [7, 11) is 0. The maximum atomic E-state index is 13.2. The third-order valence-electron chi connectivity index (χ3n) is 4.96. The van der Waals surface area contributed by atoms with Gasteiger partial charge in [-0.1, -0.05) is 26.7 Å². The van der Waals surface area contributed by atoms with Gasteiger partial charge in [0.05, 0.1) is 30.8 Å². The molecule has 1 N–H and O–H groups in total. The molecule has 1 aromatic heterocycles. The Hall–Kier alpha value is -2.51. The number of hydrogen-bond donors (Lipinski definition) is 1. The number of aryl methyl sites for hydroxylation is 2. The minimum atomic E-state index is -4.45. The van der Waals surface area contributed by atoms with Crippen molar-refractivity contribution in [3.63, 3.8) is 0 Å². The molecule has 0 saturated carbocycles. The van der Waals surface area contributed by atoms with Gasteiger partial charge in [0, 0.05) is 17.7 Å². The van der Waals surface area contributed by atoms with Crippen LogP contribution in [0.15, 0.2) is 24.3 Å². The molecule has 0 aliphatic rings. The first-order valence-corrected chi connectivity index (χ1v) is 9.72. The van der Waals surface area contributed by atoms with Crippen molar-refractivity contribution in [2.45, 2.75) is 59.2 Å². The molecule has 2 aromatic rings. The lowest BCUT2D eigenvalue weighted by Crippen LogP contribution is -2.14. The smallest absolute Gasteiger partial charge is 0.416 e. The van der Waals surface area contributed by atoms with E-state index in [0.29, 0.717) is 29.5 Å². The number of nitrogens with zero attached hydrogens (tertiary/aromatic N) is 2. The van der Waals surface area contributed by atoms with E-state index in [-0.39, 0.29) is 19.4 Å². The number of aromatic nitrogens is 2. The lowest BCUT2D eigenvalue weighted by molar-refractivity contribution is -0.138. The van der Waals surface area contributed by atoms with Crippen LogP contribution in [-0.2, 0) is 23.9 Å². The Morgan fingerprint density at radius 3 is 2.52 bits per heavy atom. The summed E-state index contributed by atoms with van der Waals surface area (Å²) in [5.41, 5.74) is 0.991. The SMILES string of the molecule is CCC(CC)COc1ccc(C(F)(F)F)cc1Cn1nc(CCC(=O)O)cc1C. The molecule has 0 saturated heterocycles. The molecule has 160 valence electrons. The van der Waals surface area contributed by atoms with Crippen molar-refractivity contribution in [1.29, 1.82) is 0 Å². The Morgan fingerprint density at radius 1 is 1.24 bits per heavy atom. The summed E-state index contributed by atoms with van der Waals surface area (Å²) in [6.07, 6.45) is -2.38. The van der Waals surface area contributed by atoms with Crippen molar-refractivity contribution in [3.05, 3.63) is 46.8 Å². The van der Waals surface area contributed by atoms with E-state index in [1.807, 2.05) is 0 Å². The summed E-state index contributed by atoms with van der Waals surface area (Å²) in [6, 6.07) is 5.24. The second-order valence-electron chi connectivity index (χ2n) is 7.14. The number of rotatable bonds is 10. The zero-order valence-corrected chi connectivity index (χ0v) is 16.9. The fourth-order valence-electron chi connectivity index (χ4n) is 3.01. The largest absolute Gasteiger partial charge is 0.493 e. The Bertz CT molecular complexity index is 827. The lowest BCUT2D eigenvalue weighted by Gasteiger charge is -2.18. The second kappa shape index (κ2) is 9.80. The highest BCUT2D eigenvalue weighted by Crippen LogP contribution is 2.33. The number of carboxylic acid groups (broad SMARTS) is 1. The molecule has 0 bridgehead atoms. The Labute approximate surface area is 168 Å². The molecule has 1 aromatic carbocycles. The summed E-state index contributed by atoms with van der Waals surface area (Å²) >= 11 is 0. The van der Waals surface area contributed by atoms with E-state index in [1.165, 1.54) is 6.07 Å². The van der Waals surface area contributed by atoms with E-state index in [1.54, 1.807) is 17.7 Å². The van der Waals surface area contributed by atoms with Gasteiger partial charge in [-0.3, -0.25) is 9.48 Å². The van der Waals surface area contributed by atoms with Crippen LogP contribution in [0.1, 0.15) is 55.6 Å². The third kappa shape index (κ3) is 6.51. The zero-order valence-electron chi connectivity index (χ0n) is 16.9. The number of ether oxygens (including phenoxy) is 1. The monoisotopic (exact) mass is 412 g/mol. The average molecular weight is 412 g/mol. The van der Waals surface area contributed by atoms with E-state index in [9.17, 15) is 18.0 Å². The molecule has 0 fully saturated rings. The average Bonchev–Trinajstić information content (AvgIpc) is 3.00. The topological polar surface area (TPSA) is 64.4 Å². The van der Waals surface area contributed by atoms with Crippen LogP contribution in [0, 0.1) is 12.8 Å². The number of alkyl halides is 3. The Kier molecular flexibility index (Phi) is 7.70. The fourth-order valence-corrected chi connectivity index (χ4v) is 3.01. The van der Waals surface area contributed by atoms with Crippen molar-refractivity contribution >= 4 is 5.97 Å². The van der Waals surface area contributed by atoms with Gasteiger partial charge in [0.2, 0.25) is 0 Å². The third-order valence-corrected chi connectivity index (χ3v) is 4.96. The van der Waals surface area contributed by atoms with Crippen molar-refractivity contribution in [1.82, 2.24) is 9.78 Å². The highest BCUT2D eigenvalue weighted by Gasteiger charge is 2.31. The van der Waals surface area contributed by atoms with Crippen LogP contribution in [0.4, 0.5) is 13.2 Å². The number of carbonyl (C=O) groups is 1. The van der Waals surface area contributed by atoms with Gasteiger partial charge in [0.15, 0.2) is 0 Å². The Morgan fingerprint density at radius 2 is 1.93 bits per heavy atom. The normalized spacial score (nSPS) is 11.8. The van der Waals surface area contributed by atoms with E-state index < -0.39 is 17.7 Å². The quantitative estimate of drug-likeness (QED) is 0.590. The van der Waals surface area contributed by atoms with Crippen LogP contribution in [0.2, 0.25) is 0 Å². The highest BCUT2D eigenvalue weighted by molar-refractivity contribution is 5.66. The number of halogens is 3. The van der Waals surface area contributed by atoms with Gasteiger partial charge in [-0.05, 0) is 37.1 Å². The number of hydrogen-bond acceptors (Lipinski definition) is 3. The first kappa shape index (κ1) is 22.8. The molecular weight excluding hydrogens is 385 g/mol. The van der Waals surface area contributed by atoms with Crippen LogP contribution < -0.4 is 4.74 Å². The van der Waals surface area contributed by atoms with Gasteiger partial charge in [-0.2, -0.15) is 18.3 Å². The van der Waals surface area contributed by atoms with Gasteiger partial charge < -0.3 is 9.84 Å². The van der Waals surface area contributed by atoms with Gasteiger partial charge in [0.25, 0.3) is 0 Å². The van der Waals surface area contributed by atoms with E-state index in [0.717, 1.165) is 30.7 Å². The Balaban J connectivity index is 2.29. The van der Waals surface area contributed by atoms with Gasteiger partial charge in [-0.15, -0.1) is 0 Å². The second-order valence-corrected chi connectivity index (χ2v) is 7.14. The summed E-state index contributed by atoms with van der Waals surface area (Å²) < 4.78 is 47.0. The van der Waals surface area contributed by atoms with E-state index >= 15 is 0 Å². The minimum absolute atomic E-state index is 0.0518. The zero-order chi connectivity index (χ0) is 21.6. The predicted molar refractivity (Wildman–Crippen MR) is 103 cm³/mol. The molecule has 0 unspecified atom stereocenters. The maximum Gasteiger partial charge on any atom is 0.416 e. The molecule has 8 heteroatoms. The molecule has 0 spiro atoms. The van der Waals surface area contributed by atoms with Gasteiger partial charge >= 0.3 is 12.1 Å². The molecule has 0 aliphatic carbocycles. The molecule has 2 rings (SSSR count). The summed E-state index contributed by atoms with van der Waals surface area (Å²) in [4.78, 5) is 10.8. The first-order valence-electron chi connectivity index (χ1n) is 9.72. The maximum absolute atomic E-state index is 13.2. The number of aliphatic carboxylic acids is 1. The van der Waals surface area contributed by atoms with Gasteiger partial charge in [-0.25, -0.2) is 0 Å². The van der Waals surface area contributed by atoms with Gasteiger partial charge in [0.1, 0.15) is 5.75 Å². The van der Waals surface area contributed by atoms with Crippen LogP contribution in [-0.4, -0.2) is 27.5 Å². The van der Waals surface area contributed by atoms with Crippen molar-refractivity contribution in [2.75, 3.05) is 6.61 Å².